The minimum Gasteiger partial charge on any atom is -0.481 e. The van der Waals surface area contributed by atoms with Crippen molar-refractivity contribution >= 4 is 11.9 Å². The minimum atomic E-state index is -0.773. The maximum atomic E-state index is 11.9. The van der Waals surface area contributed by atoms with E-state index in [0.29, 0.717) is 26.2 Å². The van der Waals surface area contributed by atoms with Crippen LogP contribution in [0, 0.1) is 5.92 Å². The summed E-state index contributed by atoms with van der Waals surface area (Å²) in [5, 5.41) is 8.77. The van der Waals surface area contributed by atoms with Gasteiger partial charge >= 0.3 is 5.97 Å². The normalized spacial score (nSPS) is 19.8. The number of piperidine rings is 1. The average Bonchev–Trinajstić information content (AvgIpc) is 2.34. The Balaban J connectivity index is 2.27. The van der Waals surface area contributed by atoms with Gasteiger partial charge in [0.25, 0.3) is 0 Å². The lowest BCUT2D eigenvalue weighted by molar-refractivity contribution is -0.140. The zero-order valence-electron chi connectivity index (χ0n) is 11.1. The second kappa shape index (κ2) is 8.08. The predicted octanol–water partition coefficient (Wildman–Crippen LogP) is 1.52. The fourth-order valence-corrected chi connectivity index (χ4v) is 2.33. The van der Waals surface area contributed by atoms with Crippen molar-refractivity contribution in [1.29, 1.82) is 0 Å². The summed E-state index contributed by atoms with van der Waals surface area (Å²) in [5.74, 6) is -0.525. The van der Waals surface area contributed by atoms with Crippen molar-refractivity contribution < 1.29 is 19.4 Å². The minimum absolute atomic E-state index is 0.118. The quantitative estimate of drug-likeness (QED) is 0.702. The summed E-state index contributed by atoms with van der Waals surface area (Å²) < 4.78 is 5.20. The number of hydrogen-bond acceptors (Lipinski definition) is 3. The highest BCUT2D eigenvalue weighted by atomic mass is 16.5. The van der Waals surface area contributed by atoms with Crippen molar-refractivity contribution in [2.24, 2.45) is 5.92 Å². The van der Waals surface area contributed by atoms with Crippen molar-refractivity contribution in [3.05, 3.63) is 0 Å². The SMILES string of the molecule is CCOCCCC(=O)N1CCCC(CC(=O)O)C1. The Bertz CT molecular complexity index is 280. The number of ether oxygens (including phenoxy) is 1. The third-order valence-electron chi connectivity index (χ3n) is 3.22. The summed E-state index contributed by atoms with van der Waals surface area (Å²) in [5.41, 5.74) is 0. The average molecular weight is 257 g/mol. The number of nitrogens with zero attached hydrogens (tertiary/aromatic N) is 1. The van der Waals surface area contributed by atoms with Crippen LogP contribution >= 0.6 is 0 Å². The summed E-state index contributed by atoms with van der Waals surface area (Å²) in [4.78, 5) is 24.4. The van der Waals surface area contributed by atoms with Crippen LogP contribution in [-0.4, -0.2) is 48.2 Å². The number of carbonyl (C=O) groups excluding carboxylic acids is 1. The Hall–Kier alpha value is -1.10. The molecule has 1 atom stereocenters. The first kappa shape index (κ1) is 15.0. The van der Waals surface area contributed by atoms with E-state index in [1.54, 1.807) is 0 Å². The molecule has 0 saturated carbocycles. The molecule has 1 aliphatic rings. The summed E-state index contributed by atoms with van der Waals surface area (Å²) >= 11 is 0. The van der Waals surface area contributed by atoms with Gasteiger partial charge in [-0.2, -0.15) is 0 Å². The molecule has 1 N–H and O–H groups in total. The zero-order chi connectivity index (χ0) is 13.4. The van der Waals surface area contributed by atoms with Gasteiger partial charge in [0.15, 0.2) is 0 Å². The molecule has 0 aliphatic carbocycles. The smallest absolute Gasteiger partial charge is 0.303 e. The standard InChI is InChI=1S/C13H23NO4/c1-2-18-8-4-6-12(15)14-7-3-5-11(10-14)9-13(16)17/h11H,2-10H2,1H3,(H,16,17). The van der Waals surface area contributed by atoms with Crippen molar-refractivity contribution in [3.63, 3.8) is 0 Å². The zero-order valence-corrected chi connectivity index (χ0v) is 11.1. The van der Waals surface area contributed by atoms with E-state index in [2.05, 4.69) is 0 Å². The number of carboxylic acid groups (broad SMARTS) is 1. The van der Waals surface area contributed by atoms with Crippen LogP contribution in [0.1, 0.15) is 39.0 Å². The van der Waals surface area contributed by atoms with E-state index in [4.69, 9.17) is 9.84 Å². The van der Waals surface area contributed by atoms with Gasteiger partial charge in [-0.1, -0.05) is 0 Å². The van der Waals surface area contributed by atoms with Crippen molar-refractivity contribution in [1.82, 2.24) is 4.90 Å². The maximum absolute atomic E-state index is 11.9. The molecule has 0 aromatic heterocycles. The lowest BCUT2D eigenvalue weighted by Crippen LogP contribution is -2.40. The fraction of sp³-hybridized carbons (Fsp3) is 0.846. The predicted molar refractivity (Wildman–Crippen MR) is 67.3 cm³/mol. The van der Waals surface area contributed by atoms with Crippen LogP contribution in [0.15, 0.2) is 0 Å². The maximum Gasteiger partial charge on any atom is 0.303 e. The van der Waals surface area contributed by atoms with Gasteiger partial charge < -0.3 is 14.7 Å². The molecule has 0 radical (unpaired) electrons. The fourth-order valence-electron chi connectivity index (χ4n) is 2.33. The van der Waals surface area contributed by atoms with Gasteiger partial charge in [-0.15, -0.1) is 0 Å². The Labute approximate surface area is 108 Å². The molecule has 1 saturated heterocycles. The van der Waals surface area contributed by atoms with E-state index in [1.807, 2.05) is 11.8 Å². The first-order chi connectivity index (χ1) is 8.63. The summed E-state index contributed by atoms with van der Waals surface area (Å²) in [6.45, 7) is 4.60. The van der Waals surface area contributed by atoms with Crippen LogP contribution in [0.25, 0.3) is 0 Å². The van der Waals surface area contributed by atoms with Crippen molar-refractivity contribution in [3.8, 4) is 0 Å². The Morgan fingerprint density at radius 1 is 1.44 bits per heavy atom. The molecule has 0 spiro atoms. The molecule has 18 heavy (non-hydrogen) atoms. The third kappa shape index (κ3) is 5.49. The molecular weight excluding hydrogens is 234 g/mol. The Morgan fingerprint density at radius 3 is 2.89 bits per heavy atom. The lowest BCUT2D eigenvalue weighted by atomic mass is 9.94. The molecule has 0 bridgehead atoms. The molecular formula is C13H23NO4. The van der Waals surface area contributed by atoms with E-state index < -0.39 is 5.97 Å². The summed E-state index contributed by atoms with van der Waals surface area (Å²) in [7, 11) is 0. The molecule has 1 unspecified atom stereocenters. The van der Waals surface area contributed by atoms with Gasteiger partial charge in [0.1, 0.15) is 0 Å². The molecule has 1 rings (SSSR count). The number of aliphatic carboxylic acids is 1. The molecule has 1 fully saturated rings. The molecule has 1 aliphatic heterocycles. The van der Waals surface area contributed by atoms with Gasteiger partial charge in [0.05, 0.1) is 0 Å². The molecule has 0 aromatic carbocycles. The highest BCUT2D eigenvalue weighted by Crippen LogP contribution is 2.20. The third-order valence-corrected chi connectivity index (χ3v) is 3.22. The first-order valence-corrected chi connectivity index (χ1v) is 6.70. The summed E-state index contributed by atoms with van der Waals surface area (Å²) in [6, 6.07) is 0. The van der Waals surface area contributed by atoms with Gasteiger partial charge in [0, 0.05) is 39.1 Å². The van der Waals surface area contributed by atoms with Crippen LogP contribution < -0.4 is 0 Å². The van der Waals surface area contributed by atoms with E-state index in [1.165, 1.54) is 0 Å². The Morgan fingerprint density at radius 2 is 2.22 bits per heavy atom. The van der Waals surface area contributed by atoms with E-state index in [0.717, 1.165) is 25.8 Å². The number of rotatable bonds is 7. The molecule has 104 valence electrons. The topological polar surface area (TPSA) is 66.8 Å². The van der Waals surface area contributed by atoms with E-state index >= 15 is 0 Å². The largest absolute Gasteiger partial charge is 0.481 e. The highest BCUT2D eigenvalue weighted by Gasteiger charge is 2.24. The summed E-state index contributed by atoms with van der Waals surface area (Å²) in [6.07, 6.45) is 3.24. The van der Waals surface area contributed by atoms with Crippen molar-refractivity contribution in [2.45, 2.75) is 39.0 Å². The van der Waals surface area contributed by atoms with Gasteiger partial charge in [-0.25, -0.2) is 0 Å². The van der Waals surface area contributed by atoms with Gasteiger partial charge in [-0.3, -0.25) is 9.59 Å². The number of carboxylic acids is 1. The highest BCUT2D eigenvalue weighted by molar-refractivity contribution is 5.76. The number of hydrogen-bond donors (Lipinski definition) is 1. The van der Waals surface area contributed by atoms with Crippen LogP contribution in [0.5, 0.6) is 0 Å². The van der Waals surface area contributed by atoms with Crippen molar-refractivity contribution in [2.75, 3.05) is 26.3 Å². The molecule has 5 heteroatoms. The number of carbonyl (C=O) groups is 2. The second-order valence-electron chi connectivity index (χ2n) is 4.75. The first-order valence-electron chi connectivity index (χ1n) is 6.70. The second-order valence-corrected chi connectivity index (χ2v) is 4.75. The van der Waals surface area contributed by atoms with E-state index in [9.17, 15) is 9.59 Å². The molecule has 0 aromatic rings. The number of amides is 1. The van der Waals surface area contributed by atoms with Crippen LogP contribution in [-0.2, 0) is 14.3 Å². The van der Waals surface area contributed by atoms with Crippen LogP contribution in [0.2, 0.25) is 0 Å². The Kier molecular flexibility index (Phi) is 6.72. The lowest BCUT2D eigenvalue weighted by Gasteiger charge is -2.32. The van der Waals surface area contributed by atoms with Gasteiger partial charge in [0.2, 0.25) is 5.91 Å². The number of likely N-dealkylation sites (tertiary alicyclic amines) is 1. The monoisotopic (exact) mass is 257 g/mol. The van der Waals surface area contributed by atoms with Crippen LogP contribution in [0.4, 0.5) is 0 Å². The van der Waals surface area contributed by atoms with Gasteiger partial charge in [-0.05, 0) is 32.1 Å². The van der Waals surface area contributed by atoms with Crippen LogP contribution in [0.3, 0.4) is 0 Å². The molecule has 1 heterocycles. The van der Waals surface area contributed by atoms with E-state index in [-0.39, 0.29) is 18.2 Å². The molecule has 1 amide bonds. The molecule has 5 nitrogen and oxygen atoms in total.